The van der Waals surface area contributed by atoms with Gasteiger partial charge in [0.25, 0.3) is 5.69 Å². The fraction of sp³-hybridized carbons (Fsp3) is 0.0556. The lowest BCUT2D eigenvalue weighted by Gasteiger charge is -2.09. The van der Waals surface area contributed by atoms with Gasteiger partial charge in [0.15, 0.2) is 5.52 Å². The van der Waals surface area contributed by atoms with Gasteiger partial charge in [-0.2, -0.15) is 0 Å². The summed E-state index contributed by atoms with van der Waals surface area (Å²) < 4.78 is 4.65. The van der Waals surface area contributed by atoms with Crippen molar-refractivity contribution in [1.82, 2.24) is 15.3 Å². The van der Waals surface area contributed by atoms with Crippen molar-refractivity contribution < 1.29 is 14.5 Å². The molecule has 0 aliphatic carbocycles. The Kier molecular flexibility index (Phi) is 4.31. The van der Waals surface area contributed by atoms with Crippen molar-refractivity contribution in [2.45, 2.75) is 6.92 Å². The van der Waals surface area contributed by atoms with E-state index in [1.54, 1.807) is 31.2 Å². The first kappa shape index (κ1) is 18.0. The lowest BCUT2D eigenvalue weighted by Crippen LogP contribution is -1.98. The van der Waals surface area contributed by atoms with Crippen molar-refractivity contribution in [3.8, 4) is 11.3 Å². The van der Waals surface area contributed by atoms with Crippen molar-refractivity contribution in [1.29, 1.82) is 0 Å². The SMILES string of the molecule is Cc1cc([N+](=O)[O-])ccc1-c1cccc(Nc2ccc([N+](=O)[O-])c3nonc23)n1. The highest BCUT2D eigenvalue weighted by molar-refractivity contribution is 5.94. The largest absolute Gasteiger partial charge is 0.338 e. The van der Waals surface area contributed by atoms with Crippen LogP contribution < -0.4 is 5.32 Å². The molecule has 0 radical (unpaired) electrons. The smallest absolute Gasteiger partial charge is 0.300 e. The Morgan fingerprint density at radius 3 is 2.48 bits per heavy atom. The summed E-state index contributed by atoms with van der Waals surface area (Å²) in [6.07, 6.45) is 0. The molecule has 0 atom stereocenters. The fourth-order valence-electron chi connectivity index (χ4n) is 2.94. The van der Waals surface area contributed by atoms with E-state index in [4.69, 9.17) is 0 Å². The molecule has 0 amide bonds. The third-order valence-corrected chi connectivity index (χ3v) is 4.30. The molecule has 0 aliphatic rings. The zero-order valence-corrected chi connectivity index (χ0v) is 14.9. The van der Waals surface area contributed by atoms with Crippen LogP contribution in [0.5, 0.6) is 0 Å². The molecule has 2 aromatic carbocycles. The lowest BCUT2D eigenvalue weighted by atomic mass is 10.0. The molecule has 2 aromatic heterocycles. The summed E-state index contributed by atoms with van der Waals surface area (Å²) in [7, 11) is 0. The van der Waals surface area contributed by atoms with Crippen LogP contribution in [0, 0.1) is 27.2 Å². The number of fused-ring (bicyclic) bond motifs is 1. The molecular weight excluding hydrogens is 380 g/mol. The maximum absolute atomic E-state index is 11.1. The molecule has 0 saturated carbocycles. The number of benzene rings is 2. The van der Waals surface area contributed by atoms with Crippen molar-refractivity contribution in [2.75, 3.05) is 5.32 Å². The normalized spacial score (nSPS) is 10.8. The van der Waals surface area contributed by atoms with Crippen LogP contribution in [0.1, 0.15) is 5.56 Å². The number of nitro groups is 2. The molecule has 0 aliphatic heterocycles. The highest BCUT2D eigenvalue weighted by atomic mass is 16.6. The summed E-state index contributed by atoms with van der Waals surface area (Å²) in [4.78, 5) is 25.5. The molecule has 1 N–H and O–H groups in total. The summed E-state index contributed by atoms with van der Waals surface area (Å²) in [5, 5.41) is 32.4. The molecule has 0 spiro atoms. The number of aromatic nitrogens is 3. The number of pyridine rings is 1. The van der Waals surface area contributed by atoms with Gasteiger partial charge >= 0.3 is 5.69 Å². The van der Waals surface area contributed by atoms with Gasteiger partial charge < -0.3 is 5.32 Å². The standard InChI is InChI=1S/C18H12N6O5/c1-10-9-11(23(25)26)5-6-12(10)13-3-2-4-16(19-13)20-14-7-8-15(24(27)28)18-17(14)21-29-22-18/h2-9H,1H3,(H,19,20). The minimum Gasteiger partial charge on any atom is -0.338 e. The maximum Gasteiger partial charge on any atom is 0.300 e. The van der Waals surface area contributed by atoms with Crippen molar-refractivity contribution in [3.63, 3.8) is 0 Å². The van der Waals surface area contributed by atoms with E-state index in [0.29, 0.717) is 22.8 Å². The third kappa shape index (κ3) is 3.32. The second-order valence-corrected chi connectivity index (χ2v) is 6.14. The Morgan fingerprint density at radius 2 is 1.76 bits per heavy atom. The van der Waals surface area contributed by atoms with E-state index in [0.717, 1.165) is 5.56 Å². The van der Waals surface area contributed by atoms with Gasteiger partial charge in [-0.05, 0) is 47.1 Å². The number of anilines is 2. The molecule has 29 heavy (non-hydrogen) atoms. The van der Waals surface area contributed by atoms with E-state index in [2.05, 4.69) is 25.2 Å². The summed E-state index contributed by atoms with van der Waals surface area (Å²) >= 11 is 0. The van der Waals surface area contributed by atoms with Gasteiger partial charge in [-0.3, -0.25) is 20.2 Å². The average Bonchev–Trinajstić information content (AvgIpc) is 3.18. The molecule has 0 bridgehead atoms. The molecule has 2 heterocycles. The van der Waals surface area contributed by atoms with E-state index in [1.165, 1.54) is 24.3 Å². The van der Waals surface area contributed by atoms with E-state index in [-0.39, 0.29) is 22.4 Å². The van der Waals surface area contributed by atoms with Crippen LogP contribution in [-0.4, -0.2) is 25.1 Å². The topological polar surface area (TPSA) is 150 Å². The van der Waals surface area contributed by atoms with Gasteiger partial charge in [0.05, 0.1) is 21.2 Å². The van der Waals surface area contributed by atoms with Crippen LogP contribution in [-0.2, 0) is 0 Å². The number of hydrogen-bond donors (Lipinski definition) is 1. The van der Waals surface area contributed by atoms with Crippen molar-refractivity contribution >= 4 is 33.9 Å². The average molecular weight is 392 g/mol. The van der Waals surface area contributed by atoms with Gasteiger partial charge in [-0.25, -0.2) is 9.61 Å². The number of nitrogens with one attached hydrogen (secondary N) is 1. The van der Waals surface area contributed by atoms with E-state index >= 15 is 0 Å². The number of nitro benzene ring substituents is 2. The van der Waals surface area contributed by atoms with E-state index < -0.39 is 9.85 Å². The Labute approximate surface area is 162 Å². The van der Waals surface area contributed by atoms with E-state index in [9.17, 15) is 20.2 Å². The third-order valence-electron chi connectivity index (χ3n) is 4.30. The maximum atomic E-state index is 11.1. The summed E-state index contributed by atoms with van der Waals surface area (Å²) in [6, 6.07) is 12.6. The van der Waals surface area contributed by atoms with Gasteiger partial charge in [-0.15, -0.1) is 0 Å². The number of rotatable bonds is 5. The zero-order chi connectivity index (χ0) is 20.5. The number of nitrogens with zero attached hydrogens (tertiary/aromatic N) is 5. The quantitative estimate of drug-likeness (QED) is 0.390. The Hall–Kier alpha value is -4.41. The second-order valence-electron chi connectivity index (χ2n) is 6.14. The first-order valence-corrected chi connectivity index (χ1v) is 8.33. The first-order valence-electron chi connectivity index (χ1n) is 8.33. The van der Waals surface area contributed by atoms with Crippen LogP contribution >= 0.6 is 0 Å². The van der Waals surface area contributed by atoms with Crippen LogP contribution in [0.2, 0.25) is 0 Å². The second kappa shape index (κ2) is 6.96. The molecule has 11 heteroatoms. The number of aryl methyl sites for hydroxylation is 1. The lowest BCUT2D eigenvalue weighted by molar-refractivity contribution is -0.384. The molecule has 144 valence electrons. The predicted octanol–water partition coefficient (Wildman–Crippen LogP) is 4.15. The number of hydrogen-bond acceptors (Lipinski definition) is 9. The summed E-state index contributed by atoms with van der Waals surface area (Å²) in [5.74, 6) is 0.457. The summed E-state index contributed by atoms with van der Waals surface area (Å²) in [6.45, 7) is 1.77. The Morgan fingerprint density at radius 1 is 0.966 bits per heavy atom. The van der Waals surface area contributed by atoms with Crippen LogP contribution in [0.25, 0.3) is 22.3 Å². The molecule has 4 aromatic rings. The minimum atomic E-state index is -0.563. The number of non-ortho nitro benzene ring substituents is 2. The van der Waals surface area contributed by atoms with Crippen LogP contribution in [0.15, 0.2) is 53.2 Å². The van der Waals surface area contributed by atoms with Crippen LogP contribution in [0.4, 0.5) is 22.9 Å². The predicted molar refractivity (Wildman–Crippen MR) is 103 cm³/mol. The monoisotopic (exact) mass is 392 g/mol. The van der Waals surface area contributed by atoms with Crippen molar-refractivity contribution in [3.05, 3.63) is 74.3 Å². The van der Waals surface area contributed by atoms with Gasteiger partial charge in [-0.1, -0.05) is 6.07 Å². The highest BCUT2D eigenvalue weighted by Gasteiger charge is 2.20. The van der Waals surface area contributed by atoms with Gasteiger partial charge in [0.1, 0.15) is 5.82 Å². The first-order chi connectivity index (χ1) is 13.9. The molecule has 0 unspecified atom stereocenters. The van der Waals surface area contributed by atoms with Gasteiger partial charge in [0, 0.05) is 23.8 Å². The van der Waals surface area contributed by atoms with Crippen molar-refractivity contribution in [2.24, 2.45) is 0 Å². The molecule has 0 saturated heterocycles. The Bertz CT molecular complexity index is 1270. The zero-order valence-electron chi connectivity index (χ0n) is 14.9. The summed E-state index contributed by atoms with van der Waals surface area (Å²) in [5.41, 5.74) is 2.54. The fourth-order valence-corrected chi connectivity index (χ4v) is 2.94. The minimum absolute atomic E-state index is 0.00679. The highest BCUT2D eigenvalue weighted by Crippen LogP contribution is 2.31. The Balaban J connectivity index is 1.70. The molecule has 11 nitrogen and oxygen atoms in total. The molecule has 0 fully saturated rings. The van der Waals surface area contributed by atoms with E-state index in [1.807, 2.05) is 0 Å². The van der Waals surface area contributed by atoms with Gasteiger partial charge in [0.2, 0.25) is 5.52 Å². The molecule has 4 rings (SSSR count). The van der Waals surface area contributed by atoms with Crippen LogP contribution in [0.3, 0.4) is 0 Å². The molecular formula is C18H12N6O5.